The molecule has 1 spiro atoms. The molecule has 2 atom stereocenters. The van der Waals surface area contributed by atoms with E-state index in [1.807, 2.05) is 0 Å². The fraction of sp³-hybridized carbons (Fsp3) is 0.389. The van der Waals surface area contributed by atoms with Crippen molar-refractivity contribution in [2.75, 3.05) is 19.7 Å². The number of para-hydroxylation sites is 1. The van der Waals surface area contributed by atoms with Crippen molar-refractivity contribution in [3.63, 3.8) is 0 Å². The molecule has 4 nitrogen and oxygen atoms in total. The normalized spacial score (nSPS) is 30.5. The van der Waals surface area contributed by atoms with Gasteiger partial charge >= 0.3 is 5.97 Å². The van der Waals surface area contributed by atoms with E-state index in [0.717, 1.165) is 25.9 Å². The Morgan fingerprint density at radius 3 is 3.09 bits per heavy atom. The number of aromatic amines is 1. The summed E-state index contributed by atoms with van der Waals surface area (Å²) in [6.45, 7) is 2.44. The van der Waals surface area contributed by atoms with Crippen LogP contribution >= 0.6 is 0 Å². The van der Waals surface area contributed by atoms with Gasteiger partial charge in [-0.25, -0.2) is 0 Å². The number of carbonyl (C=O) groups is 1. The molecule has 0 unspecified atom stereocenters. The summed E-state index contributed by atoms with van der Waals surface area (Å²) in [5, 5.41) is 1.30. The van der Waals surface area contributed by atoms with Gasteiger partial charge in [0.05, 0.1) is 12.6 Å². The summed E-state index contributed by atoms with van der Waals surface area (Å²) < 4.78 is 5.35. The summed E-state index contributed by atoms with van der Waals surface area (Å²) >= 11 is 0. The summed E-state index contributed by atoms with van der Waals surface area (Å²) in [7, 11) is 0. The Hall–Kier alpha value is -2.07. The Morgan fingerprint density at radius 1 is 1.32 bits per heavy atom. The lowest BCUT2D eigenvalue weighted by Gasteiger charge is -2.45. The molecule has 1 aromatic heterocycles. The zero-order valence-corrected chi connectivity index (χ0v) is 12.3. The van der Waals surface area contributed by atoms with E-state index in [1.54, 1.807) is 0 Å². The van der Waals surface area contributed by atoms with E-state index >= 15 is 0 Å². The third-order valence-electron chi connectivity index (χ3n) is 5.51. The van der Waals surface area contributed by atoms with Crippen LogP contribution in [-0.2, 0) is 16.0 Å². The van der Waals surface area contributed by atoms with Crippen molar-refractivity contribution in [1.82, 2.24) is 9.88 Å². The predicted molar refractivity (Wildman–Crippen MR) is 83.5 cm³/mol. The minimum Gasteiger partial charge on any atom is -0.465 e. The largest absolute Gasteiger partial charge is 0.465 e. The van der Waals surface area contributed by atoms with Gasteiger partial charge in [0.15, 0.2) is 0 Å². The quantitative estimate of drug-likeness (QED) is 0.600. The summed E-state index contributed by atoms with van der Waals surface area (Å²) in [6.07, 6.45) is 6.05. The van der Waals surface area contributed by atoms with Crippen LogP contribution in [0.4, 0.5) is 0 Å². The van der Waals surface area contributed by atoms with Gasteiger partial charge in [0.1, 0.15) is 5.41 Å². The van der Waals surface area contributed by atoms with Crippen LogP contribution in [0.25, 0.3) is 10.9 Å². The van der Waals surface area contributed by atoms with Gasteiger partial charge in [0.2, 0.25) is 0 Å². The fourth-order valence-electron chi connectivity index (χ4n) is 4.51. The number of aromatic nitrogens is 1. The summed E-state index contributed by atoms with van der Waals surface area (Å²) in [5.74, 6) is -0.0649. The van der Waals surface area contributed by atoms with Gasteiger partial charge in [0.25, 0.3) is 0 Å². The lowest BCUT2D eigenvalue weighted by Crippen LogP contribution is -2.49. The Kier molecular flexibility index (Phi) is 2.40. The second-order valence-corrected chi connectivity index (χ2v) is 6.54. The molecule has 0 amide bonds. The molecule has 1 saturated heterocycles. The smallest absolute Gasteiger partial charge is 0.318 e. The highest BCUT2D eigenvalue weighted by atomic mass is 16.5. The number of nitrogens with one attached hydrogen (secondary N) is 1. The van der Waals surface area contributed by atoms with E-state index in [9.17, 15) is 4.79 Å². The molecule has 0 saturated carbocycles. The zero-order valence-electron chi connectivity index (χ0n) is 12.3. The van der Waals surface area contributed by atoms with Crippen molar-refractivity contribution in [3.05, 3.63) is 47.7 Å². The molecular formula is C18H18N2O2. The standard InChI is InChI=1S/C18H18N2O2/c21-17-18(8-11-22-17)7-3-9-20-10-6-13-12-4-1-2-5-14(12)19-15(13)16(18)20/h1-5,7,16,19H,6,8-11H2/t16-,18-/m0/s1. The van der Waals surface area contributed by atoms with Gasteiger partial charge in [-0.2, -0.15) is 0 Å². The van der Waals surface area contributed by atoms with Crippen LogP contribution in [0.2, 0.25) is 0 Å². The maximum Gasteiger partial charge on any atom is 0.318 e. The van der Waals surface area contributed by atoms with E-state index in [0.29, 0.717) is 6.61 Å². The van der Waals surface area contributed by atoms with Gasteiger partial charge in [-0.1, -0.05) is 30.4 Å². The number of hydrogen-bond acceptors (Lipinski definition) is 3. The van der Waals surface area contributed by atoms with E-state index in [4.69, 9.17) is 4.74 Å². The average Bonchev–Trinajstić information content (AvgIpc) is 3.09. The molecule has 1 N–H and O–H groups in total. The van der Waals surface area contributed by atoms with Crippen molar-refractivity contribution >= 4 is 16.9 Å². The number of nitrogens with zero attached hydrogens (tertiary/aromatic N) is 1. The molecular weight excluding hydrogens is 276 g/mol. The highest BCUT2D eigenvalue weighted by Crippen LogP contribution is 2.51. The lowest BCUT2D eigenvalue weighted by atomic mass is 9.72. The molecule has 0 aliphatic carbocycles. The van der Waals surface area contributed by atoms with Crippen LogP contribution in [0, 0.1) is 5.41 Å². The Bertz CT molecular complexity index is 807. The highest BCUT2D eigenvalue weighted by Gasteiger charge is 2.54. The number of cyclic esters (lactones) is 1. The molecule has 0 radical (unpaired) electrons. The SMILES string of the molecule is O=C1OCC[C@]12C=CCN1CCc3c([nH]c4ccccc34)[C@H]12. The van der Waals surface area contributed by atoms with E-state index in [-0.39, 0.29) is 12.0 Å². The minimum absolute atomic E-state index is 0.0649. The number of rotatable bonds is 0. The predicted octanol–water partition coefficient (Wildman–Crippen LogP) is 2.57. The molecule has 3 aliphatic heterocycles. The lowest BCUT2D eigenvalue weighted by molar-refractivity contribution is -0.147. The average molecular weight is 294 g/mol. The molecule has 22 heavy (non-hydrogen) atoms. The number of H-pyrrole nitrogens is 1. The number of hydrogen-bond donors (Lipinski definition) is 1. The molecule has 0 bridgehead atoms. The molecule has 5 rings (SSSR count). The van der Waals surface area contributed by atoms with Gasteiger partial charge in [-0.05, 0) is 18.1 Å². The Balaban J connectivity index is 1.76. The van der Waals surface area contributed by atoms with Gasteiger partial charge in [-0.15, -0.1) is 0 Å². The van der Waals surface area contributed by atoms with E-state index < -0.39 is 5.41 Å². The second kappa shape index (κ2) is 4.23. The van der Waals surface area contributed by atoms with Crippen molar-refractivity contribution < 1.29 is 9.53 Å². The number of benzene rings is 1. The second-order valence-electron chi connectivity index (χ2n) is 6.54. The topological polar surface area (TPSA) is 45.3 Å². The molecule has 112 valence electrons. The van der Waals surface area contributed by atoms with E-state index in [2.05, 4.69) is 46.3 Å². The molecule has 4 heterocycles. The Labute approximate surface area is 128 Å². The third-order valence-corrected chi connectivity index (χ3v) is 5.51. The minimum atomic E-state index is -0.506. The monoisotopic (exact) mass is 294 g/mol. The van der Waals surface area contributed by atoms with Crippen LogP contribution in [0.15, 0.2) is 36.4 Å². The van der Waals surface area contributed by atoms with Crippen LogP contribution in [0.5, 0.6) is 0 Å². The third kappa shape index (κ3) is 1.43. The van der Waals surface area contributed by atoms with Crippen molar-refractivity contribution in [2.45, 2.75) is 18.9 Å². The molecule has 2 aromatic rings. The maximum absolute atomic E-state index is 12.5. The van der Waals surface area contributed by atoms with Crippen LogP contribution in [-0.4, -0.2) is 35.5 Å². The van der Waals surface area contributed by atoms with Crippen molar-refractivity contribution in [1.29, 1.82) is 0 Å². The first-order valence-electron chi connectivity index (χ1n) is 7.98. The first-order chi connectivity index (χ1) is 10.8. The Morgan fingerprint density at radius 2 is 2.23 bits per heavy atom. The molecule has 1 fully saturated rings. The van der Waals surface area contributed by atoms with Gasteiger partial charge < -0.3 is 9.72 Å². The molecule has 4 heteroatoms. The van der Waals surface area contributed by atoms with E-state index in [1.165, 1.54) is 22.2 Å². The first-order valence-corrected chi connectivity index (χ1v) is 7.98. The summed E-state index contributed by atoms with van der Waals surface area (Å²) in [6, 6.07) is 8.53. The number of ether oxygens (including phenoxy) is 1. The number of carbonyl (C=O) groups excluding carboxylic acids is 1. The van der Waals surface area contributed by atoms with Crippen LogP contribution in [0.1, 0.15) is 23.7 Å². The van der Waals surface area contributed by atoms with Crippen molar-refractivity contribution in [3.8, 4) is 0 Å². The van der Waals surface area contributed by atoms with Gasteiger partial charge in [0, 0.05) is 36.1 Å². The van der Waals surface area contributed by atoms with Crippen LogP contribution < -0.4 is 0 Å². The first kappa shape index (κ1) is 12.5. The number of fused-ring (bicyclic) bond motifs is 6. The molecule has 1 aromatic carbocycles. The summed E-state index contributed by atoms with van der Waals surface area (Å²) in [4.78, 5) is 18.5. The molecule has 3 aliphatic rings. The zero-order chi connectivity index (χ0) is 14.7. The maximum atomic E-state index is 12.5. The van der Waals surface area contributed by atoms with Gasteiger partial charge in [-0.3, -0.25) is 9.69 Å². The van der Waals surface area contributed by atoms with Crippen molar-refractivity contribution in [2.24, 2.45) is 5.41 Å². The highest BCUT2D eigenvalue weighted by molar-refractivity contribution is 5.87. The van der Waals surface area contributed by atoms with Crippen LogP contribution in [0.3, 0.4) is 0 Å². The fourth-order valence-corrected chi connectivity index (χ4v) is 4.51. The number of esters is 1. The summed E-state index contributed by atoms with van der Waals surface area (Å²) in [5.41, 5.74) is 3.26.